The molecule has 1 saturated carbocycles. The second-order valence-electron chi connectivity index (χ2n) is 16.4. The van der Waals surface area contributed by atoms with Crippen molar-refractivity contribution < 1.29 is 38.7 Å². The summed E-state index contributed by atoms with van der Waals surface area (Å²) < 4.78 is 22.7. The van der Waals surface area contributed by atoms with Crippen molar-refractivity contribution in [3.05, 3.63) is 143 Å². The summed E-state index contributed by atoms with van der Waals surface area (Å²) >= 11 is 0. The zero-order chi connectivity index (χ0) is 41.7. The number of ketones is 1. The molecule has 4 atom stereocenters. The standard InChI is InChI=1S/C50H55NO8/c1-33-9-8-25-49(2)45(43-23-13-34(27-39(52)18-12-33)28-44(43)47(53)36-15-19-40(56-3)20-16-36)24-26-50(49,55)32-51(31-38-17-21-41(57-4)30-46(38)58-5)48(54)59-42-22-14-35-10-6-7-11-37(35)29-42/h6-7,9-11,13-17,19-23,28-30,39,45,52,55H,8,12,18,24-27,31-32H2,1-5H3/t39-,45-,49-,50+/m0/s1. The molecule has 308 valence electrons. The molecule has 2 bridgehead atoms. The van der Waals surface area contributed by atoms with E-state index in [1.165, 1.54) is 5.57 Å². The highest BCUT2D eigenvalue weighted by Crippen LogP contribution is 2.59. The van der Waals surface area contributed by atoms with Gasteiger partial charge in [-0.15, -0.1) is 0 Å². The first kappa shape index (κ1) is 41.5. The predicted molar refractivity (Wildman–Crippen MR) is 230 cm³/mol. The molecule has 59 heavy (non-hydrogen) atoms. The molecule has 1 amide bonds. The van der Waals surface area contributed by atoms with Crippen molar-refractivity contribution >= 4 is 22.6 Å². The van der Waals surface area contributed by atoms with E-state index in [4.69, 9.17) is 18.9 Å². The maximum atomic E-state index is 14.5. The normalized spacial score (nSPS) is 21.8. The molecule has 2 N–H and O–H groups in total. The first-order chi connectivity index (χ1) is 28.4. The van der Waals surface area contributed by atoms with Crippen molar-refractivity contribution in [1.82, 2.24) is 4.90 Å². The zero-order valence-electron chi connectivity index (χ0n) is 34.7. The number of hydrogen-bond acceptors (Lipinski definition) is 8. The summed E-state index contributed by atoms with van der Waals surface area (Å²) in [6, 6.07) is 32.0. The summed E-state index contributed by atoms with van der Waals surface area (Å²) in [6.07, 6.45) is 5.03. The number of fused-ring (bicyclic) bond motifs is 9. The van der Waals surface area contributed by atoms with Crippen LogP contribution in [0.25, 0.3) is 10.8 Å². The van der Waals surface area contributed by atoms with Gasteiger partial charge >= 0.3 is 6.09 Å². The highest BCUT2D eigenvalue weighted by Gasteiger charge is 2.58. The molecule has 5 aromatic carbocycles. The number of methoxy groups -OCH3 is 3. The smallest absolute Gasteiger partial charge is 0.415 e. The van der Waals surface area contributed by atoms with Crippen LogP contribution >= 0.6 is 0 Å². The molecule has 0 aromatic heterocycles. The second kappa shape index (κ2) is 17.7. The molecule has 1 fully saturated rings. The van der Waals surface area contributed by atoms with Gasteiger partial charge in [-0.1, -0.05) is 61.0 Å². The van der Waals surface area contributed by atoms with Gasteiger partial charge in [0.05, 0.1) is 46.1 Å². The van der Waals surface area contributed by atoms with Gasteiger partial charge in [-0.3, -0.25) is 4.79 Å². The molecule has 9 heteroatoms. The Labute approximate surface area is 347 Å². The summed E-state index contributed by atoms with van der Waals surface area (Å²) in [5, 5.41) is 26.3. The van der Waals surface area contributed by atoms with Crippen LogP contribution in [0.4, 0.5) is 4.79 Å². The SMILES string of the molecule is COc1ccc(C(=O)c2cc3ccc2[C@@H]2CC[C@@](O)(CN(Cc4ccc(OC)cc4OC)C(=O)Oc4ccc5ccccc5c4)[C@@]2(C)CCC=C(C)CC[C@H](O)C3)cc1. The first-order valence-corrected chi connectivity index (χ1v) is 20.5. The Hall–Kier alpha value is -5.64. The second-order valence-corrected chi connectivity index (χ2v) is 16.4. The Balaban J connectivity index is 1.30. The zero-order valence-corrected chi connectivity index (χ0v) is 34.7. The van der Waals surface area contributed by atoms with Crippen LogP contribution in [0, 0.1) is 5.41 Å². The monoisotopic (exact) mass is 797 g/mol. The third-order valence-electron chi connectivity index (χ3n) is 12.8. The number of allylic oxidation sites excluding steroid dienone is 2. The van der Waals surface area contributed by atoms with E-state index < -0.39 is 23.2 Å². The number of rotatable bonds is 10. The lowest BCUT2D eigenvalue weighted by Gasteiger charge is -2.46. The molecule has 0 radical (unpaired) electrons. The Morgan fingerprint density at radius 1 is 0.797 bits per heavy atom. The number of amides is 1. The van der Waals surface area contributed by atoms with Gasteiger partial charge in [-0.2, -0.15) is 0 Å². The third kappa shape index (κ3) is 8.87. The van der Waals surface area contributed by atoms with Crippen molar-refractivity contribution in [2.45, 2.75) is 83.0 Å². The molecule has 5 aromatic rings. The molecule has 0 aliphatic heterocycles. The molecule has 0 saturated heterocycles. The maximum absolute atomic E-state index is 14.5. The lowest BCUT2D eigenvalue weighted by molar-refractivity contribution is -0.0802. The summed E-state index contributed by atoms with van der Waals surface area (Å²) in [5.41, 5.74) is 2.52. The van der Waals surface area contributed by atoms with Crippen molar-refractivity contribution in [2.24, 2.45) is 5.41 Å². The highest BCUT2D eigenvalue weighted by molar-refractivity contribution is 6.10. The summed E-state index contributed by atoms with van der Waals surface area (Å²) in [6.45, 7) is 4.27. The maximum Gasteiger partial charge on any atom is 0.415 e. The van der Waals surface area contributed by atoms with Crippen molar-refractivity contribution in [3.8, 4) is 23.0 Å². The fourth-order valence-electron chi connectivity index (χ4n) is 9.18. The molecule has 8 rings (SSSR count). The van der Waals surface area contributed by atoms with Gasteiger partial charge in [-0.05, 0) is 134 Å². The van der Waals surface area contributed by atoms with Crippen LogP contribution in [-0.2, 0) is 13.0 Å². The van der Waals surface area contributed by atoms with Gasteiger partial charge in [0.15, 0.2) is 5.78 Å². The van der Waals surface area contributed by atoms with E-state index in [0.717, 1.165) is 33.9 Å². The van der Waals surface area contributed by atoms with E-state index in [1.807, 2.05) is 66.7 Å². The third-order valence-corrected chi connectivity index (χ3v) is 12.8. The number of carbonyl (C=O) groups excluding carboxylic acids is 2. The van der Waals surface area contributed by atoms with Gasteiger partial charge in [0.2, 0.25) is 0 Å². The minimum Gasteiger partial charge on any atom is -0.497 e. The van der Waals surface area contributed by atoms with Crippen LogP contribution < -0.4 is 18.9 Å². The Morgan fingerprint density at radius 3 is 2.27 bits per heavy atom. The van der Waals surface area contributed by atoms with E-state index in [9.17, 15) is 19.8 Å². The number of carbonyl (C=O) groups is 2. The summed E-state index contributed by atoms with van der Waals surface area (Å²) in [4.78, 5) is 30.6. The number of ether oxygens (including phenoxy) is 4. The number of benzene rings is 5. The number of nitrogens with zero attached hydrogens (tertiary/aromatic N) is 1. The highest BCUT2D eigenvalue weighted by atomic mass is 16.6. The van der Waals surface area contributed by atoms with Crippen LogP contribution in [0.3, 0.4) is 0 Å². The summed E-state index contributed by atoms with van der Waals surface area (Å²) in [7, 11) is 4.76. The molecule has 0 spiro atoms. The fourth-order valence-corrected chi connectivity index (χ4v) is 9.18. The molecule has 0 heterocycles. The van der Waals surface area contributed by atoms with Gasteiger partial charge in [0.1, 0.15) is 23.0 Å². The molecular weight excluding hydrogens is 743 g/mol. The van der Waals surface area contributed by atoms with Crippen LogP contribution in [0.1, 0.15) is 90.9 Å². The van der Waals surface area contributed by atoms with Crippen LogP contribution in [0.5, 0.6) is 23.0 Å². The van der Waals surface area contributed by atoms with E-state index >= 15 is 0 Å². The quantitative estimate of drug-likeness (QED) is 0.106. The average Bonchev–Trinajstić information content (AvgIpc) is 3.50. The number of hydrogen-bond donors (Lipinski definition) is 2. The van der Waals surface area contributed by atoms with Crippen molar-refractivity contribution in [2.75, 3.05) is 27.9 Å². The van der Waals surface area contributed by atoms with E-state index in [0.29, 0.717) is 72.6 Å². The Bertz CT molecular complexity index is 2340. The van der Waals surface area contributed by atoms with Gasteiger partial charge in [0, 0.05) is 28.2 Å². The van der Waals surface area contributed by atoms with Crippen LogP contribution in [-0.4, -0.2) is 66.6 Å². The van der Waals surface area contributed by atoms with E-state index in [-0.39, 0.29) is 24.8 Å². The van der Waals surface area contributed by atoms with Gasteiger partial charge in [0.25, 0.3) is 0 Å². The minimum atomic E-state index is -1.39. The molecule has 3 aliphatic carbocycles. The van der Waals surface area contributed by atoms with E-state index in [2.05, 4.69) is 19.9 Å². The molecule has 9 nitrogen and oxygen atoms in total. The Kier molecular flexibility index (Phi) is 12.4. The van der Waals surface area contributed by atoms with Crippen molar-refractivity contribution in [3.63, 3.8) is 0 Å². The number of aliphatic hydroxyl groups is 2. The molecular formula is C50H55NO8. The minimum absolute atomic E-state index is 0.0314. The van der Waals surface area contributed by atoms with Crippen LogP contribution in [0.2, 0.25) is 0 Å². The summed E-state index contributed by atoms with van der Waals surface area (Å²) in [5.74, 6) is 1.83. The average molecular weight is 798 g/mol. The van der Waals surface area contributed by atoms with Gasteiger partial charge < -0.3 is 34.1 Å². The van der Waals surface area contributed by atoms with E-state index in [1.54, 1.807) is 62.6 Å². The topological polar surface area (TPSA) is 115 Å². The lowest BCUT2D eigenvalue weighted by atomic mass is 9.64. The van der Waals surface area contributed by atoms with Crippen molar-refractivity contribution in [1.29, 1.82) is 0 Å². The largest absolute Gasteiger partial charge is 0.497 e. The lowest BCUT2D eigenvalue weighted by Crippen LogP contribution is -2.54. The fraction of sp³-hybridized carbons (Fsp3) is 0.360. The Morgan fingerprint density at radius 2 is 1.53 bits per heavy atom. The predicted octanol–water partition coefficient (Wildman–Crippen LogP) is 9.84. The van der Waals surface area contributed by atoms with Gasteiger partial charge in [-0.25, -0.2) is 4.79 Å². The van der Waals surface area contributed by atoms with Crippen LogP contribution in [0.15, 0.2) is 115 Å². The molecule has 3 aliphatic rings. The molecule has 0 unspecified atom stereocenters. The first-order valence-electron chi connectivity index (χ1n) is 20.5. The number of aliphatic hydroxyl groups excluding tert-OH is 1.